The van der Waals surface area contributed by atoms with Gasteiger partial charge in [0, 0.05) is 0 Å². The molecule has 0 spiro atoms. The van der Waals surface area contributed by atoms with Gasteiger partial charge in [-0.3, -0.25) is 0 Å². The normalized spacial score (nSPS) is 11.8. The molecule has 0 heterocycles. The Balaban J connectivity index is 6.68. The van der Waals surface area contributed by atoms with Crippen LogP contribution in [0.3, 0.4) is 0 Å². The molecule has 0 fully saturated rings. The molecule has 40 heteroatoms. The van der Waals surface area contributed by atoms with Gasteiger partial charge in [-0.15, -0.1) is 0 Å². The van der Waals surface area contributed by atoms with Gasteiger partial charge >= 0.3 is 373 Å². The Morgan fingerprint density at radius 1 is 0.250 bits per heavy atom. The second kappa shape index (κ2) is 42.0. The molecule has 19 radical (unpaired) electrons. The molecule has 301 valence electrons. The standard InChI is InChI=1S/C20H41B20O20/c1-21-42-12(43-22-2)32-53-17(52-31-11)37-58-20(40-41,59-38-18(54-33-13(44-23-3)45-24-4)55-34-14(46-25-5)47-26-6)60-39-19(56-35-15(48-27-7)49-28-8)57-36-16(50-29-9)51-30-10/h12-19H,1-11H3. The summed E-state index contributed by atoms with van der Waals surface area (Å²) in [6.07, 6.45) is -9.48. The molecule has 0 aromatic rings. The molecule has 0 bridgehead atoms. The molecule has 0 saturated heterocycles. The van der Waals surface area contributed by atoms with Crippen LogP contribution in [0.2, 0.25) is 75.1 Å². The molecule has 0 N–H and O–H groups in total. The van der Waals surface area contributed by atoms with Crippen LogP contribution in [0.5, 0.6) is 0 Å². The summed E-state index contributed by atoms with van der Waals surface area (Å²) in [4.78, 5) is 0. The van der Waals surface area contributed by atoms with Crippen LogP contribution in [0, 0.1) is 0 Å². The Labute approximate surface area is 371 Å². The summed E-state index contributed by atoms with van der Waals surface area (Å²) < 4.78 is 118. The Hall–Kier alpha value is 0.339. The van der Waals surface area contributed by atoms with Crippen molar-refractivity contribution in [3.05, 3.63) is 0 Å². The predicted octanol–water partition coefficient (Wildman–Crippen LogP) is -3.47. The van der Waals surface area contributed by atoms with E-state index < -0.39 is 55.4 Å². The molecule has 0 saturated carbocycles. The van der Waals surface area contributed by atoms with Crippen LogP contribution in [-0.2, 0) is 93.1 Å². The van der Waals surface area contributed by atoms with Gasteiger partial charge in [-0.1, -0.05) is 0 Å². The zero-order chi connectivity index (χ0) is 44.7. The molecule has 20 nitrogen and oxygen atoms in total. The van der Waals surface area contributed by atoms with E-state index in [1.54, 1.807) is 75.1 Å². The van der Waals surface area contributed by atoms with E-state index in [1.807, 2.05) is 0 Å². The van der Waals surface area contributed by atoms with E-state index in [2.05, 4.69) is 0 Å². The summed E-state index contributed by atoms with van der Waals surface area (Å²) in [5.74, 6) is -2.74. The van der Waals surface area contributed by atoms with Crippen LogP contribution < -0.4 is 0 Å². The summed E-state index contributed by atoms with van der Waals surface area (Å²) in [6.45, 7) is 17.9. The summed E-state index contributed by atoms with van der Waals surface area (Å²) >= 11 is 0. The maximum atomic E-state index is 13.0. The zero-order valence-corrected chi connectivity index (χ0v) is 35.8. The van der Waals surface area contributed by atoms with Crippen LogP contribution in [0.25, 0.3) is 0 Å². The third-order valence-corrected chi connectivity index (χ3v) is 5.77. The number of rotatable bonds is 47. The first kappa shape index (κ1) is 60.3. The van der Waals surface area contributed by atoms with Gasteiger partial charge in [-0.05, 0) is 0 Å². The summed E-state index contributed by atoms with van der Waals surface area (Å²) in [5.41, 5.74) is 0. The minimum atomic E-state index is -2.74. The van der Waals surface area contributed by atoms with E-state index in [0.717, 1.165) is 59.9 Å². The van der Waals surface area contributed by atoms with Gasteiger partial charge in [-0.2, -0.15) is 0 Å². The number of hydrogen-bond donors (Lipinski definition) is 0. The SMILES string of the molecule is C[B]OC([B]OC([B]OC(B=O)(O[B]C(O[B]C(O[B]C)O[B]C)O[B]C(O[B]C)O[B]C)O[B]C(O[B]C(O[B]C)O[B]C)O[B]C(O[B]C)O[B]C)O[B]C)O[B]C. The van der Waals surface area contributed by atoms with Crippen LogP contribution in [0.15, 0.2) is 0 Å². The Kier molecular flexibility index (Phi) is 42.2. The summed E-state index contributed by atoms with van der Waals surface area (Å²) in [5, 5.41) is 0. The van der Waals surface area contributed by atoms with Gasteiger partial charge in [0.25, 0.3) is 0 Å². The average Bonchev–Trinajstić information content (AvgIpc) is 3.24. The fourth-order valence-electron chi connectivity index (χ4n) is 3.57. The summed E-state index contributed by atoms with van der Waals surface area (Å²) in [6, 6.07) is 0. The number of hydrogen-bond acceptors (Lipinski definition) is 20. The van der Waals surface area contributed by atoms with Gasteiger partial charge < -0.3 is 0 Å². The quantitative estimate of drug-likeness (QED) is 0.0434. The predicted molar refractivity (Wildman–Crippen MR) is 234 cm³/mol. The van der Waals surface area contributed by atoms with Crippen molar-refractivity contribution in [1.29, 1.82) is 0 Å². The maximum absolute atomic E-state index is 13.0. The molecule has 0 aromatic heterocycles. The van der Waals surface area contributed by atoms with Gasteiger partial charge in [0.2, 0.25) is 0 Å². The third-order valence-electron chi connectivity index (χ3n) is 5.77. The van der Waals surface area contributed by atoms with Crippen molar-refractivity contribution in [2.24, 2.45) is 0 Å². The van der Waals surface area contributed by atoms with E-state index in [4.69, 9.17) is 88.4 Å². The molecule has 0 aromatic carbocycles. The molecule has 0 aliphatic rings. The molecule has 0 rings (SSSR count). The van der Waals surface area contributed by atoms with Crippen molar-refractivity contribution in [2.75, 3.05) is 0 Å². The van der Waals surface area contributed by atoms with Crippen molar-refractivity contribution in [3.63, 3.8) is 0 Å². The van der Waals surface area contributed by atoms with E-state index in [1.165, 1.54) is 82.3 Å². The van der Waals surface area contributed by atoms with Crippen LogP contribution in [-0.4, -0.2) is 205 Å². The van der Waals surface area contributed by atoms with E-state index in [-0.39, 0.29) is 7.15 Å². The van der Waals surface area contributed by atoms with Gasteiger partial charge in [0.05, 0.1) is 0 Å². The van der Waals surface area contributed by atoms with Crippen molar-refractivity contribution in [1.82, 2.24) is 0 Å². The Morgan fingerprint density at radius 2 is 0.400 bits per heavy atom. The second-order valence-electron chi connectivity index (χ2n) is 9.88. The molecule has 1 atom stereocenters. The van der Waals surface area contributed by atoms with Crippen molar-refractivity contribution < 1.29 is 93.1 Å². The van der Waals surface area contributed by atoms with Crippen LogP contribution >= 0.6 is 0 Å². The van der Waals surface area contributed by atoms with Crippen molar-refractivity contribution >= 4 is 149 Å². The minimum absolute atomic E-state index is 0.134. The van der Waals surface area contributed by atoms with Crippen molar-refractivity contribution in [2.45, 2.75) is 130 Å². The molecular weight excluding hydrogens is 776 g/mol. The molecule has 1 unspecified atom stereocenters. The van der Waals surface area contributed by atoms with E-state index in [0.29, 0.717) is 0 Å². The molecule has 0 aliphatic heterocycles. The topological polar surface area (TPSA) is 192 Å². The second-order valence-corrected chi connectivity index (χ2v) is 9.88. The average molecular weight is 818 g/mol. The molecular formula is C20H41B20O20. The Morgan fingerprint density at radius 3 is 0.550 bits per heavy atom. The van der Waals surface area contributed by atoms with E-state index in [9.17, 15) is 4.70 Å². The first-order chi connectivity index (χ1) is 29.2. The fraction of sp³-hybridized carbons (Fsp3) is 1.00. The molecule has 0 amide bonds. The van der Waals surface area contributed by atoms with Gasteiger partial charge in [-0.25, -0.2) is 0 Å². The Bertz CT molecular complexity index is 846. The molecule has 0 aliphatic carbocycles. The monoisotopic (exact) mass is 821 g/mol. The van der Waals surface area contributed by atoms with E-state index >= 15 is 0 Å². The van der Waals surface area contributed by atoms with Crippen LogP contribution in [0.4, 0.5) is 0 Å². The first-order valence-corrected chi connectivity index (χ1v) is 18.4. The van der Waals surface area contributed by atoms with Crippen LogP contribution in [0.1, 0.15) is 0 Å². The molecule has 60 heavy (non-hydrogen) atoms. The first-order valence-electron chi connectivity index (χ1n) is 18.4. The zero-order valence-electron chi connectivity index (χ0n) is 35.8. The summed E-state index contributed by atoms with van der Waals surface area (Å²) in [7, 11) is 23.6. The fourth-order valence-corrected chi connectivity index (χ4v) is 3.57. The van der Waals surface area contributed by atoms with Crippen molar-refractivity contribution in [3.8, 4) is 0 Å². The van der Waals surface area contributed by atoms with Gasteiger partial charge in [0.1, 0.15) is 0 Å². The van der Waals surface area contributed by atoms with Gasteiger partial charge in [0.15, 0.2) is 0 Å². The third kappa shape index (κ3) is 30.5.